The third kappa shape index (κ3) is 4.32. The van der Waals surface area contributed by atoms with Crippen LogP contribution in [0.1, 0.15) is 56.9 Å². The Balaban J connectivity index is 1.92. The lowest BCUT2D eigenvalue weighted by atomic mass is 9.96. The summed E-state index contributed by atoms with van der Waals surface area (Å²) in [5.74, 6) is 0.733. The van der Waals surface area contributed by atoms with Crippen LogP contribution in [0.15, 0.2) is 17.5 Å². The van der Waals surface area contributed by atoms with Crippen molar-refractivity contribution < 1.29 is 4.79 Å². The first-order chi connectivity index (χ1) is 9.70. The van der Waals surface area contributed by atoms with Gasteiger partial charge in [-0.3, -0.25) is 4.79 Å². The van der Waals surface area contributed by atoms with Gasteiger partial charge in [-0.05, 0) is 43.6 Å². The molecule has 0 spiro atoms. The van der Waals surface area contributed by atoms with Crippen molar-refractivity contribution in [3.63, 3.8) is 0 Å². The monoisotopic (exact) mass is 294 g/mol. The number of hydrogen-bond acceptors (Lipinski definition) is 3. The molecule has 1 aromatic rings. The molecule has 3 nitrogen and oxygen atoms in total. The summed E-state index contributed by atoms with van der Waals surface area (Å²) in [4.78, 5) is 13.5. The third-order valence-electron chi connectivity index (χ3n) is 4.26. The van der Waals surface area contributed by atoms with Crippen LogP contribution in [0, 0.1) is 5.92 Å². The molecule has 0 radical (unpaired) electrons. The summed E-state index contributed by atoms with van der Waals surface area (Å²) < 4.78 is 0. The summed E-state index contributed by atoms with van der Waals surface area (Å²) in [6, 6.07) is 4.83. The van der Waals surface area contributed by atoms with Crippen LogP contribution in [0.5, 0.6) is 0 Å². The first-order valence-electron chi connectivity index (χ1n) is 7.76. The molecule has 1 heterocycles. The second-order valence-corrected chi connectivity index (χ2v) is 6.77. The Bertz CT molecular complexity index is 399. The van der Waals surface area contributed by atoms with E-state index in [2.05, 4.69) is 42.0 Å². The van der Waals surface area contributed by atoms with E-state index in [9.17, 15) is 4.79 Å². The molecule has 2 unspecified atom stereocenters. The van der Waals surface area contributed by atoms with Crippen LogP contribution in [0.4, 0.5) is 0 Å². The fraction of sp³-hybridized carbons (Fsp3) is 0.688. The van der Waals surface area contributed by atoms with Gasteiger partial charge in [-0.25, -0.2) is 0 Å². The Hall–Kier alpha value is -0.870. The Morgan fingerprint density at radius 3 is 2.80 bits per heavy atom. The zero-order valence-corrected chi connectivity index (χ0v) is 13.3. The van der Waals surface area contributed by atoms with Gasteiger partial charge in [0.25, 0.3) is 0 Å². The molecular formula is C16H26N2OS. The molecule has 20 heavy (non-hydrogen) atoms. The quantitative estimate of drug-likeness (QED) is 0.808. The highest BCUT2D eigenvalue weighted by molar-refractivity contribution is 7.10. The molecule has 0 saturated heterocycles. The lowest BCUT2D eigenvalue weighted by Crippen LogP contribution is -2.40. The first kappa shape index (κ1) is 15.5. The summed E-state index contributed by atoms with van der Waals surface area (Å²) in [6.07, 6.45) is 6.12. The van der Waals surface area contributed by atoms with E-state index in [0.29, 0.717) is 18.5 Å². The largest absolute Gasteiger partial charge is 0.347 e. The molecule has 4 heteroatoms. The van der Waals surface area contributed by atoms with Crippen molar-refractivity contribution in [1.29, 1.82) is 0 Å². The number of amides is 1. The Kier molecular flexibility index (Phi) is 6.05. The predicted octanol–water partition coefficient (Wildman–Crippen LogP) is 3.48. The first-order valence-corrected chi connectivity index (χ1v) is 8.64. The summed E-state index contributed by atoms with van der Waals surface area (Å²) in [5.41, 5.74) is 0. The van der Waals surface area contributed by atoms with Gasteiger partial charge in [-0.2, -0.15) is 0 Å². The van der Waals surface area contributed by atoms with E-state index in [4.69, 9.17) is 0 Å². The molecule has 1 aliphatic carbocycles. The average molecular weight is 294 g/mol. The van der Waals surface area contributed by atoms with E-state index in [1.807, 2.05) is 0 Å². The van der Waals surface area contributed by atoms with E-state index in [-0.39, 0.29) is 11.9 Å². The highest BCUT2D eigenvalue weighted by Gasteiger charge is 2.28. The van der Waals surface area contributed by atoms with Crippen LogP contribution in [-0.4, -0.2) is 18.5 Å². The maximum atomic E-state index is 12.2. The van der Waals surface area contributed by atoms with Gasteiger partial charge in [-0.15, -0.1) is 11.3 Å². The maximum Gasteiger partial charge on any atom is 0.234 e. The molecule has 0 aromatic carbocycles. The second kappa shape index (κ2) is 7.79. The van der Waals surface area contributed by atoms with Crippen LogP contribution in [0.3, 0.4) is 0 Å². The standard InChI is InChI=1S/C16H26N2OS/c1-3-12(2)17-11-15(19)18-16(13-7-4-5-8-13)14-9-6-10-20-14/h6,9-10,12-13,16-17H,3-5,7-8,11H2,1-2H3,(H,18,19). The minimum atomic E-state index is 0.121. The third-order valence-corrected chi connectivity index (χ3v) is 5.22. The van der Waals surface area contributed by atoms with Crippen molar-refractivity contribution in [3.05, 3.63) is 22.4 Å². The molecule has 1 fully saturated rings. The molecule has 2 atom stereocenters. The lowest BCUT2D eigenvalue weighted by molar-refractivity contribution is -0.121. The molecule has 1 aliphatic rings. The van der Waals surface area contributed by atoms with Gasteiger partial charge < -0.3 is 10.6 Å². The van der Waals surface area contributed by atoms with Crippen molar-refractivity contribution in [1.82, 2.24) is 10.6 Å². The van der Waals surface area contributed by atoms with Crippen LogP contribution in [0.25, 0.3) is 0 Å². The highest BCUT2D eigenvalue weighted by Crippen LogP contribution is 2.37. The molecule has 112 valence electrons. The fourth-order valence-corrected chi connectivity index (χ4v) is 3.69. The van der Waals surface area contributed by atoms with Gasteiger partial charge in [0.2, 0.25) is 5.91 Å². The lowest BCUT2D eigenvalue weighted by Gasteiger charge is -2.24. The maximum absolute atomic E-state index is 12.2. The summed E-state index contributed by atoms with van der Waals surface area (Å²) in [5, 5.41) is 8.61. The van der Waals surface area contributed by atoms with Crippen molar-refractivity contribution >= 4 is 17.2 Å². The normalized spacial score (nSPS) is 18.9. The zero-order chi connectivity index (χ0) is 14.4. The van der Waals surface area contributed by atoms with Gasteiger partial charge in [-0.1, -0.05) is 25.8 Å². The van der Waals surface area contributed by atoms with Crippen molar-refractivity contribution in [2.75, 3.05) is 6.54 Å². The minimum absolute atomic E-state index is 0.121. The van der Waals surface area contributed by atoms with Gasteiger partial charge in [0.05, 0.1) is 12.6 Å². The van der Waals surface area contributed by atoms with Crippen LogP contribution < -0.4 is 10.6 Å². The number of thiophene rings is 1. The number of carbonyl (C=O) groups excluding carboxylic acids is 1. The van der Waals surface area contributed by atoms with E-state index in [1.165, 1.54) is 30.6 Å². The van der Waals surface area contributed by atoms with Gasteiger partial charge in [0, 0.05) is 10.9 Å². The summed E-state index contributed by atoms with van der Waals surface area (Å²) in [7, 11) is 0. The molecule has 1 aromatic heterocycles. The summed E-state index contributed by atoms with van der Waals surface area (Å²) >= 11 is 1.75. The minimum Gasteiger partial charge on any atom is -0.347 e. The molecule has 2 rings (SSSR count). The number of rotatable bonds is 7. The SMILES string of the molecule is CCC(C)NCC(=O)NC(c1cccs1)C1CCCC1. The fourth-order valence-electron chi connectivity index (χ4n) is 2.82. The summed E-state index contributed by atoms with van der Waals surface area (Å²) in [6.45, 7) is 4.66. The molecule has 1 amide bonds. The van der Waals surface area contributed by atoms with Gasteiger partial charge >= 0.3 is 0 Å². The van der Waals surface area contributed by atoms with Crippen LogP contribution >= 0.6 is 11.3 Å². The Labute approximate surface area is 126 Å². The zero-order valence-electron chi connectivity index (χ0n) is 12.5. The Morgan fingerprint density at radius 1 is 1.45 bits per heavy atom. The van der Waals surface area contributed by atoms with Crippen LogP contribution in [-0.2, 0) is 4.79 Å². The molecule has 1 saturated carbocycles. The van der Waals surface area contributed by atoms with E-state index < -0.39 is 0 Å². The number of nitrogens with one attached hydrogen (secondary N) is 2. The Morgan fingerprint density at radius 2 is 2.20 bits per heavy atom. The molecular weight excluding hydrogens is 268 g/mol. The van der Waals surface area contributed by atoms with Gasteiger partial charge in [0.1, 0.15) is 0 Å². The van der Waals surface area contributed by atoms with Crippen molar-refractivity contribution in [2.45, 2.75) is 58.0 Å². The van der Waals surface area contributed by atoms with Crippen LogP contribution in [0.2, 0.25) is 0 Å². The second-order valence-electron chi connectivity index (χ2n) is 5.80. The van der Waals surface area contributed by atoms with Crippen molar-refractivity contribution in [2.24, 2.45) is 5.92 Å². The number of hydrogen-bond donors (Lipinski definition) is 2. The number of carbonyl (C=O) groups is 1. The van der Waals surface area contributed by atoms with Crippen molar-refractivity contribution in [3.8, 4) is 0 Å². The smallest absolute Gasteiger partial charge is 0.234 e. The van der Waals surface area contributed by atoms with E-state index in [1.54, 1.807) is 11.3 Å². The topological polar surface area (TPSA) is 41.1 Å². The van der Waals surface area contributed by atoms with E-state index in [0.717, 1.165) is 6.42 Å². The van der Waals surface area contributed by atoms with E-state index >= 15 is 0 Å². The predicted molar refractivity (Wildman–Crippen MR) is 84.9 cm³/mol. The highest BCUT2D eigenvalue weighted by atomic mass is 32.1. The van der Waals surface area contributed by atoms with Gasteiger partial charge in [0.15, 0.2) is 0 Å². The molecule has 2 N–H and O–H groups in total. The average Bonchev–Trinajstić information content (AvgIpc) is 3.14. The molecule has 0 aliphatic heterocycles. The molecule has 0 bridgehead atoms.